The van der Waals surface area contributed by atoms with Crippen molar-refractivity contribution in [2.24, 2.45) is 11.7 Å². The fourth-order valence-corrected chi connectivity index (χ4v) is 1.32. The molecule has 92 valence electrons. The molecule has 0 saturated heterocycles. The van der Waals surface area contributed by atoms with Gasteiger partial charge in [0, 0.05) is 5.69 Å². The van der Waals surface area contributed by atoms with Crippen LogP contribution in [0.3, 0.4) is 0 Å². The molecule has 0 aromatic heterocycles. The fourth-order valence-electron chi connectivity index (χ4n) is 1.06. The zero-order valence-electron chi connectivity index (χ0n) is 9.27. The van der Waals surface area contributed by atoms with E-state index in [1.807, 2.05) is 0 Å². The zero-order chi connectivity index (χ0) is 13.0. The molecule has 0 radical (unpaired) electrons. The largest absolute Gasteiger partial charge is 0.461 e. The highest BCUT2D eigenvalue weighted by molar-refractivity contribution is 6.33. The summed E-state index contributed by atoms with van der Waals surface area (Å²) in [6, 6.07) is 4.46. The first kappa shape index (κ1) is 13.3. The Kier molecular flexibility index (Phi) is 4.34. The monoisotopic (exact) mass is 256 g/mol. The Morgan fingerprint density at radius 3 is 2.65 bits per heavy atom. The van der Waals surface area contributed by atoms with Crippen LogP contribution in [0.25, 0.3) is 0 Å². The van der Waals surface area contributed by atoms with Crippen LogP contribution in [0, 0.1) is 5.92 Å². The van der Waals surface area contributed by atoms with Gasteiger partial charge in [-0.3, -0.25) is 4.79 Å². The van der Waals surface area contributed by atoms with Gasteiger partial charge in [0.25, 0.3) is 0 Å². The van der Waals surface area contributed by atoms with Crippen molar-refractivity contribution in [2.45, 2.75) is 6.92 Å². The first-order chi connectivity index (χ1) is 7.91. The van der Waals surface area contributed by atoms with Crippen molar-refractivity contribution < 1.29 is 14.3 Å². The number of carbonyl (C=O) groups is 2. The van der Waals surface area contributed by atoms with Crippen LogP contribution in [0.5, 0.6) is 0 Å². The van der Waals surface area contributed by atoms with E-state index in [1.165, 1.54) is 12.1 Å². The van der Waals surface area contributed by atoms with Crippen molar-refractivity contribution in [2.75, 3.05) is 12.3 Å². The lowest BCUT2D eigenvalue weighted by molar-refractivity contribution is -0.122. The summed E-state index contributed by atoms with van der Waals surface area (Å²) in [5, 5.41) is 0.210. The van der Waals surface area contributed by atoms with Crippen LogP contribution in [0.15, 0.2) is 18.2 Å². The summed E-state index contributed by atoms with van der Waals surface area (Å²) >= 11 is 5.83. The average molecular weight is 257 g/mol. The molecule has 1 aromatic carbocycles. The summed E-state index contributed by atoms with van der Waals surface area (Å²) in [7, 11) is 0. The summed E-state index contributed by atoms with van der Waals surface area (Å²) in [6.07, 6.45) is 0. The van der Waals surface area contributed by atoms with Crippen LogP contribution in [0.1, 0.15) is 17.3 Å². The highest BCUT2D eigenvalue weighted by atomic mass is 35.5. The van der Waals surface area contributed by atoms with Crippen LogP contribution >= 0.6 is 11.6 Å². The SMILES string of the molecule is CC(COC(=O)c1ccc(N)cc1Cl)C(N)=O. The number of hydrogen-bond acceptors (Lipinski definition) is 4. The second kappa shape index (κ2) is 5.54. The number of amides is 1. The van der Waals surface area contributed by atoms with Crippen LogP contribution < -0.4 is 11.5 Å². The lowest BCUT2D eigenvalue weighted by atomic mass is 10.2. The van der Waals surface area contributed by atoms with Gasteiger partial charge in [-0.25, -0.2) is 4.79 Å². The van der Waals surface area contributed by atoms with Gasteiger partial charge in [0.05, 0.1) is 16.5 Å². The second-order valence-electron chi connectivity index (χ2n) is 3.64. The van der Waals surface area contributed by atoms with Gasteiger partial charge >= 0.3 is 5.97 Å². The summed E-state index contributed by atoms with van der Waals surface area (Å²) in [4.78, 5) is 22.4. The van der Waals surface area contributed by atoms with Gasteiger partial charge in [0.1, 0.15) is 6.61 Å². The molecule has 1 atom stereocenters. The summed E-state index contributed by atoms with van der Waals surface area (Å²) in [5.74, 6) is -1.67. The Balaban J connectivity index is 2.67. The number of benzene rings is 1. The van der Waals surface area contributed by atoms with Crippen molar-refractivity contribution in [1.29, 1.82) is 0 Å². The highest BCUT2D eigenvalue weighted by Gasteiger charge is 2.15. The van der Waals surface area contributed by atoms with E-state index < -0.39 is 17.8 Å². The van der Waals surface area contributed by atoms with Crippen molar-refractivity contribution >= 4 is 29.2 Å². The molecule has 0 bridgehead atoms. The van der Waals surface area contributed by atoms with E-state index in [2.05, 4.69) is 0 Å². The van der Waals surface area contributed by atoms with Crippen LogP contribution in [-0.2, 0) is 9.53 Å². The number of nitrogens with two attached hydrogens (primary N) is 2. The summed E-state index contributed by atoms with van der Waals surface area (Å²) in [6.45, 7) is 1.50. The molecule has 1 amide bonds. The first-order valence-corrected chi connectivity index (χ1v) is 5.31. The maximum atomic E-state index is 11.6. The highest BCUT2D eigenvalue weighted by Crippen LogP contribution is 2.20. The van der Waals surface area contributed by atoms with E-state index in [0.717, 1.165) is 0 Å². The van der Waals surface area contributed by atoms with E-state index in [1.54, 1.807) is 13.0 Å². The normalized spacial score (nSPS) is 11.9. The Bertz CT molecular complexity index is 448. The third kappa shape index (κ3) is 3.64. The predicted octanol–water partition coefficient (Wildman–Crippen LogP) is 1.20. The number of ether oxygens (including phenoxy) is 1. The quantitative estimate of drug-likeness (QED) is 0.625. The standard InChI is InChI=1S/C11H13ClN2O3/c1-6(10(14)15)5-17-11(16)8-3-2-7(13)4-9(8)12/h2-4,6H,5,13H2,1H3,(H2,14,15). The number of nitrogen functional groups attached to an aromatic ring is 1. The number of halogens is 1. The van der Waals surface area contributed by atoms with Crippen molar-refractivity contribution in [3.63, 3.8) is 0 Å². The smallest absolute Gasteiger partial charge is 0.339 e. The van der Waals surface area contributed by atoms with E-state index in [9.17, 15) is 9.59 Å². The number of esters is 1. The lowest BCUT2D eigenvalue weighted by Crippen LogP contribution is -2.26. The molecule has 4 N–H and O–H groups in total. The van der Waals surface area contributed by atoms with E-state index in [-0.39, 0.29) is 17.2 Å². The minimum Gasteiger partial charge on any atom is -0.461 e. The van der Waals surface area contributed by atoms with Crippen LogP contribution in [0.2, 0.25) is 5.02 Å². The molecule has 0 saturated carbocycles. The predicted molar refractivity (Wildman–Crippen MR) is 64.5 cm³/mol. The van der Waals surface area contributed by atoms with E-state index >= 15 is 0 Å². The second-order valence-corrected chi connectivity index (χ2v) is 4.05. The van der Waals surface area contributed by atoms with Crippen molar-refractivity contribution in [3.8, 4) is 0 Å². The molecule has 17 heavy (non-hydrogen) atoms. The minimum absolute atomic E-state index is 0.0745. The molecule has 6 heteroatoms. The van der Waals surface area contributed by atoms with Gasteiger partial charge in [-0.2, -0.15) is 0 Å². The molecule has 0 fully saturated rings. The zero-order valence-corrected chi connectivity index (χ0v) is 10.0. The molecule has 1 aromatic rings. The number of primary amides is 1. The van der Waals surface area contributed by atoms with Gasteiger partial charge in [-0.05, 0) is 18.2 Å². The number of hydrogen-bond donors (Lipinski definition) is 2. The van der Waals surface area contributed by atoms with Crippen LogP contribution in [-0.4, -0.2) is 18.5 Å². The fraction of sp³-hybridized carbons (Fsp3) is 0.273. The molecule has 0 aliphatic carbocycles. The molecule has 5 nitrogen and oxygen atoms in total. The molecule has 0 heterocycles. The number of anilines is 1. The maximum Gasteiger partial charge on any atom is 0.339 e. The minimum atomic E-state index is -0.608. The molecular weight excluding hydrogens is 244 g/mol. The average Bonchev–Trinajstić information content (AvgIpc) is 2.25. The molecule has 0 aliphatic heterocycles. The third-order valence-corrected chi connectivity index (χ3v) is 2.48. The molecular formula is C11H13ClN2O3. The Labute approximate surface area is 104 Å². The summed E-state index contributed by atoms with van der Waals surface area (Å²) in [5.41, 5.74) is 11.2. The number of carbonyl (C=O) groups excluding carboxylic acids is 2. The molecule has 1 rings (SSSR count). The topological polar surface area (TPSA) is 95.4 Å². The van der Waals surface area contributed by atoms with E-state index in [4.69, 9.17) is 27.8 Å². The molecule has 0 aliphatic rings. The molecule has 0 spiro atoms. The van der Waals surface area contributed by atoms with Gasteiger partial charge in [0.2, 0.25) is 5.91 Å². The van der Waals surface area contributed by atoms with Crippen LogP contribution in [0.4, 0.5) is 5.69 Å². The Hall–Kier alpha value is -1.75. The van der Waals surface area contributed by atoms with Gasteiger partial charge in [0.15, 0.2) is 0 Å². The van der Waals surface area contributed by atoms with Crippen molar-refractivity contribution in [1.82, 2.24) is 0 Å². The lowest BCUT2D eigenvalue weighted by Gasteiger charge is -2.09. The first-order valence-electron chi connectivity index (χ1n) is 4.93. The number of rotatable bonds is 4. The Morgan fingerprint density at radius 2 is 2.12 bits per heavy atom. The van der Waals surface area contributed by atoms with Gasteiger partial charge in [-0.15, -0.1) is 0 Å². The maximum absolute atomic E-state index is 11.6. The third-order valence-electron chi connectivity index (χ3n) is 2.16. The molecule has 1 unspecified atom stereocenters. The van der Waals surface area contributed by atoms with Crippen molar-refractivity contribution in [3.05, 3.63) is 28.8 Å². The van der Waals surface area contributed by atoms with E-state index in [0.29, 0.717) is 5.69 Å². The Morgan fingerprint density at radius 1 is 1.47 bits per heavy atom. The van der Waals surface area contributed by atoms with Gasteiger partial charge in [-0.1, -0.05) is 18.5 Å². The summed E-state index contributed by atoms with van der Waals surface area (Å²) < 4.78 is 4.91. The van der Waals surface area contributed by atoms with Gasteiger partial charge < -0.3 is 16.2 Å².